The molecular formula is C18H25N4O3+. The number of H-pyrrole nitrogens is 1. The van der Waals surface area contributed by atoms with E-state index in [0.29, 0.717) is 24.5 Å². The van der Waals surface area contributed by atoms with Crippen LogP contribution < -0.4 is 26.2 Å². The van der Waals surface area contributed by atoms with Crippen molar-refractivity contribution in [3.05, 3.63) is 56.2 Å². The first-order valence-electron chi connectivity index (χ1n) is 8.68. The van der Waals surface area contributed by atoms with Gasteiger partial charge in [0.15, 0.2) is 6.67 Å². The maximum Gasteiger partial charge on any atom is 0.330 e. The molecule has 7 heteroatoms. The highest BCUT2D eigenvalue weighted by Gasteiger charge is 2.25. The molecule has 0 radical (unpaired) electrons. The van der Waals surface area contributed by atoms with E-state index in [4.69, 9.17) is 4.74 Å². The molecule has 2 heterocycles. The molecule has 1 aliphatic rings. The van der Waals surface area contributed by atoms with Crippen LogP contribution in [0.4, 0.5) is 5.82 Å². The molecule has 0 fully saturated rings. The van der Waals surface area contributed by atoms with Gasteiger partial charge in [-0.1, -0.05) is 25.5 Å². The number of benzene rings is 1. The number of methoxy groups -OCH3 is 1. The Morgan fingerprint density at radius 3 is 2.68 bits per heavy atom. The first-order valence-corrected chi connectivity index (χ1v) is 8.68. The largest absolute Gasteiger partial charge is 0.497 e. The van der Waals surface area contributed by atoms with Gasteiger partial charge >= 0.3 is 5.69 Å². The number of quaternary nitrogens is 1. The molecular weight excluding hydrogens is 320 g/mol. The van der Waals surface area contributed by atoms with Crippen molar-refractivity contribution in [2.24, 2.45) is 0 Å². The van der Waals surface area contributed by atoms with E-state index in [-0.39, 0.29) is 11.2 Å². The average Bonchev–Trinajstić information content (AvgIpc) is 2.64. The number of nitrogens with zero attached hydrogens (tertiary/aromatic N) is 1. The molecule has 3 rings (SSSR count). The minimum Gasteiger partial charge on any atom is -0.497 e. The topological polar surface area (TPSA) is 80.6 Å². The lowest BCUT2D eigenvalue weighted by Crippen LogP contribution is -3.12. The fraction of sp³-hybridized carbons (Fsp3) is 0.444. The zero-order valence-corrected chi connectivity index (χ0v) is 14.7. The highest BCUT2D eigenvalue weighted by atomic mass is 16.5. The summed E-state index contributed by atoms with van der Waals surface area (Å²) in [6, 6.07) is 7.57. The molecule has 1 aromatic heterocycles. The molecule has 1 aliphatic heterocycles. The lowest BCUT2D eigenvalue weighted by Gasteiger charge is -2.28. The van der Waals surface area contributed by atoms with Crippen LogP contribution in [0, 0.1) is 0 Å². The number of unbranched alkanes of at least 4 members (excludes halogenated alkanes) is 1. The van der Waals surface area contributed by atoms with Crippen LogP contribution in [-0.2, 0) is 13.1 Å². The van der Waals surface area contributed by atoms with E-state index < -0.39 is 0 Å². The van der Waals surface area contributed by atoms with Gasteiger partial charge in [0, 0.05) is 0 Å². The van der Waals surface area contributed by atoms with Crippen LogP contribution in [0.2, 0.25) is 0 Å². The lowest BCUT2D eigenvalue weighted by molar-refractivity contribution is -0.912. The second-order valence-corrected chi connectivity index (χ2v) is 6.40. The molecule has 0 bridgehead atoms. The van der Waals surface area contributed by atoms with Crippen LogP contribution in [0.3, 0.4) is 0 Å². The number of anilines is 1. The Kier molecular flexibility index (Phi) is 5.23. The second-order valence-electron chi connectivity index (χ2n) is 6.40. The van der Waals surface area contributed by atoms with Gasteiger partial charge in [-0.2, -0.15) is 0 Å². The van der Waals surface area contributed by atoms with Crippen LogP contribution >= 0.6 is 0 Å². The van der Waals surface area contributed by atoms with Gasteiger partial charge in [-0.25, -0.2) is 4.79 Å². The molecule has 0 amide bonds. The van der Waals surface area contributed by atoms with Gasteiger partial charge in [-0.3, -0.25) is 14.3 Å². The molecule has 134 valence electrons. The van der Waals surface area contributed by atoms with Gasteiger partial charge in [-0.05, 0) is 24.1 Å². The lowest BCUT2D eigenvalue weighted by atomic mass is 10.2. The van der Waals surface area contributed by atoms with Crippen molar-refractivity contribution in [2.75, 3.05) is 25.6 Å². The molecule has 1 atom stereocenters. The van der Waals surface area contributed by atoms with E-state index in [9.17, 15) is 9.59 Å². The number of ether oxygens (including phenoxy) is 1. The van der Waals surface area contributed by atoms with Crippen molar-refractivity contribution >= 4 is 5.82 Å². The highest BCUT2D eigenvalue weighted by molar-refractivity contribution is 5.44. The maximum absolute atomic E-state index is 12.3. The molecule has 7 nitrogen and oxygen atoms in total. The summed E-state index contributed by atoms with van der Waals surface area (Å²) in [5.41, 5.74) is 0.960. The van der Waals surface area contributed by atoms with Crippen molar-refractivity contribution in [1.29, 1.82) is 0 Å². The Morgan fingerprint density at radius 1 is 1.24 bits per heavy atom. The number of aromatic nitrogens is 2. The second kappa shape index (κ2) is 7.57. The van der Waals surface area contributed by atoms with Crippen molar-refractivity contribution in [1.82, 2.24) is 9.55 Å². The zero-order chi connectivity index (χ0) is 17.8. The van der Waals surface area contributed by atoms with Crippen LogP contribution in [0.5, 0.6) is 5.75 Å². The molecule has 1 aromatic carbocycles. The van der Waals surface area contributed by atoms with Gasteiger partial charge in [0.25, 0.3) is 5.56 Å². The quantitative estimate of drug-likeness (QED) is 0.697. The average molecular weight is 345 g/mol. The fourth-order valence-electron chi connectivity index (χ4n) is 3.17. The summed E-state index contributed by atoms with van der Waals surface area (Å²) >= 11 is 0. The van der Waals surface area contributed by atoms with Crippen molar-refractivity contribution in [2.45, 2.75) is 32.9 Å². The Bertz CT molecular complexity index is 839. The van der Waals surface area contributed by atoms with E-state index in [1.807, 2.05) is 24.3 Å². The molecule has 0 saturated carbocycles. The smallest absolute Gasteiger partial charge is 0.330 e. The molecule has 0 spiro atoms. The van der Waals surface area contributed by atoms with Crippen molar-refractivity contribution in [3.63, 3.8) is 0 Å². The standard InChI is InChI=1S/C18H24N4O3/c1-3-4-9-21-11-15-16(19-12-21)22(18(24)20-17(15)23)10-13-5-7-14(25-2)8-6-13/h5-8,19H,3-4,9-12H2,1-2H3,(H,20,23,24)/p+1. The molecule has 3 N–H and O–H groups in total. The monoisotopic (exact) mass is 345 g/mol. The Balaban J connectivity index is 1.90. The van der Waals surface area contributed by atoms with Crippen LogP contribution in [-0.4, -0.2) is 29.9 Å². The molecule has 0 aliphatic carbocycles. The number of aromatic amines is 1. The predicted molar refractivity (Wildman–Crippen MR) is 96.4 cm³/mol. The van der Waals surface area contributed by atoms with Gasteiger partial charge in [0.1, 0.15) is 23.7 Å². The minimum atomic E-state index is -0.385. The Labute approximate surface area is 146 Å². The fourth-order valence-corrected chi connectivity index (χ4v) is 3.17. The van der Waals surface area contributed by atoms with Gasteiger partial charge in [0.2, 0.25) is 0 Å². The number of hydrogen-bond acceptors (Lipinski definition) is 4. The van der Waals surface area contributed by atoms with Crippen LogP contribution in [0.25, 0.3) is 0 Å². The summed E-state index contributed by atoms with van der Waals surface area (Å²) in [5, 5.41) is 3.30. The van der Waals surface area contributed by atoms with E-state index in [2.05, 4.69) is 17.2 Å². The summed E-state index contributed by atoms with van der Waals surface area (Å²) in [4.78, 5) is 28.4. The van der Waals surface area contributed by atoms with Crippen LogP contribution in [0.15, 0.2) is 33.9 Å². The summed E-state index contributed by atoms with van der Waals surface area (Å²) in [6.45, 7) is 4.93. The van der Waals surface area contributed by atoms with Crippen LogP contribution in [0.1, 0.15) is 30.9 Å². The first-order chi connectivity index (χ1) is 12.1. The van der Waals surface area contributed by atoms with Crippen molar-refractivity contribution < 1.29 is 9.64 Å². The normalized spacial score (nSPS) is 16.2. The maximum atomic E-state index is 12.3. The zero-order valence-electron chi connectivity index (χ0n) is 14.7. The Morgan fingerprint density at radius 2 is 2.00 bits per heavy atom. The summed E-state index contributed by atoms with van der Waals surface area (Å²) in [5.74, 6) is 1.41. The van der Waals surface area contributed by atoms with Crippen molar-refractivity contribution in [3.8, 4) is 5.75 Å². The number of nitrogens with one attached hydrogen (secondary N) is 3. The van der Waals surface area contributed by atoms with Gasteiger partial charge < -0.3 is 15.0 Å². The highest BCUT2D eigenvalue weighted by Crippen LogP contribution is 2.15. The minimum absolute atomic E-state index is 0.285. The SMILES string of the molecule is CCCC[NH+]1CNc2c(c(=O)[nH]c(=O)n2Cc2ccc(OC)cc2)C1. The summed E-state index contributed by atoms with van der Waals surface area (Å²) in [7, 11) is 1.62. The Hall–Kier alpha value is -2.54. The molecule has 2 aromatic rings. The predicted octanol–water partition coefficient (Wildman–Crippen LogP) is 0.162. The van der Waals surface area contributed by atoms with E-state index in [1.54, 1.807) is 11.7 Å². The third-order valence-corrected chi connectivity index (χ3v) is 4.61. The molecule has 0 saturated heterocycles. The third kappa shape index (κ3) is 3.76. The van der Waals surface area contributed by atoms with E-state index in [1.165, 1.54) is 4.90 Å². The number of fused-ring (bicyclic) bond motifs is 1. The summed E-state index contributed by atoms with van der Waals surface area (Å²) < 4.78 is 6.77. The van der Waals surface area contributed by atoms with Gasteiger partial charge in [-0.15, -0.1) is 0 Å². The van der Waals surface area contributed by atoms with E-state index >= 15 is 0 Å². The van der Waals surface area contributed by atoms with Gasteiger partial charge in [0.05, 0.1) is 20.2 Å². The third-order valence-electron chi connectivity index (χ3n) is 4.61. The molecule has 25 heavy (non-hydrogen) atoms. The van der Waals surface area contributed by atoms with E-state index in [0.717, 1.165) is 37.4 Å². The number of hydrogen-bond donors (Lipinski definition) is 3. The molecule has 1 unspecified atom stereocenters. The number of rotatable bonds is 6. The first kappa shape index (κ1) is 17.3. The summed E-state index contributed by atoms with van der Waals surface area (Å²) in [6.07, 6.45) is 2.25.